The van der Waals surface area contributed by atoms with Gasteiger partial charge in [-0.25, -0.2) is 0 Å². The molecule has 0 aliphatic carbocycles. The average Bonchev–Trinajstić information content (AvgIpc) is 2.33. The molecule has 1 aromatic heterocycles. The maximum absolute atomic E-state index is 7.32. The lowest BCUT2D eigenvalue weighted by atomic mass is 10.2. The Morgan fingerprint density at radius 2 is 2.11 bits per heavy atom. The molecular formula is C13H12ClN3O. The number of hydrogen-bond acceptors (Lipinski definition) is 3. The van der Waals surface area contributed by atoms with E-state index in [-0.39, 0.29) is 5.84 Å². The van der Waals surface area contributed by atoms with Gasteiger partial charge in [-0.2, -0.15) is 0 Å². The first-order chi connectivity index (χ1) is 8.56. The molecule has 2 aromatic rings. The topological polar surface area (TPSA) is 72.0 Å². The highest BCUT2D eigenvalue weighted by Gasteiger charge is 2.04. The SMILES string of the molecule is Cc1cc(Cl)ccc1Oc1ccnc(C(=N)N)c1. The molecule has 0 unspecified atom stereocenters. The van der Waals surface area contributed by atoms with E-state index >= 15 is 0 Å². The number of pyridine rings is 1. The van der Waals surface area contributed by atoms with Gasteiger partial charge in [0.2, 0.25) is 0 Å². The molecule has 0 aliphatic heterocycles. The standard InChI is InChI=1S/C13H12ClN3O/c1-8-6-9(14)2-3-12(8)18-10-4-5-17-11(7-10)13(15)16/h2-7H,1H3,(H3,15,16). The molecule has 0 aliphatic rings. The minimum atomic E-state index is -0.0896. The van der Waals surface area contributed by atoms with Crippen molar-refractivity contribution in [2.24, 2.45) is 5.73 Å². The number of rotatable bonds is 3. The van der Waals surface area contributed by atoms with Gasteiger partial charge < -0.3 is 10.5 Å². The largest absolute Gasteiger partial charge is 0.457 e. The second-order valence-electron chi connectivity index (χ2n) is 3.80. The van der Waals surface area contributed by atoms with Gasteiger partial charge in [0, 0.05) is 17.3 Å². The fourth-order valence-electron chi connectivity index (χ4n) is 1.48. The normalized spacial score (nSPS) is 10.1. The maximum Gasteiger partial charge on any atom is 0.141 e. The van der Waals surface area contributed by atoms with Crippen LogP contribution in [0.5, 0.6) is 11.5 Å². The Morgan fingerprint density at radius 3 is 2.78 bits per heavy atom. The lowest BCUT2D eigenvalue weighted by Gasteiger charge is -2.09. The molecule has 4 nitrogen and oxygen atoms in total. The zero-order valence-electron chi connectivity index (χ0n) is 9.77. The number of nitrogens with two attached hydrogens (primary N) is 1. The smallest absolute Gasteiger partial charge is 0.141 e. The van der Waals surface area contributed by atoms with E-state index in [4.69, 9.17) is 27.5 Å². The van der Waals surface area contributed by atoms with Crippen LogP contribution in [0.2, 0.25) is 5.02 Å². The van der Waals surface area contributed by atoms with Gasteiger partial charge in [0.1, 0.15) is 23.0 Å². The third kappa shape index (κ3) is 2.78. The summed E-state index contributed by atoms with van der Waals surface area (Å²) in [4.78, 5) is 3.97. The molecule has 92 valence electrons. The Balaban J connectivity index is 2.28. The summed E-state index contributed by atoms with van der Waals surface area (Å²) in [7, 11) is 0. The molecule has 3 N–H and O–H groups in total. The van der Waals surface area contributed by atoms with Gasteiger partial charge in [0.15, 0.2) is 0 Å². The summed E-state index contributed by atoms with van der Waals surface area (Å²) >= 11 is 5.88. The Kier molecular flexibility index (Phi) is 3.48. The van der Waals surface area contributed by atoms with E-state index in [0.29, 0.717) is 22.2 Å². The lowest BCUT2D eigenvalue weighted by molar-refractivity contribution is 0.478. The molecule has 2 rings (SSSR count). The number of aromatic nitrogens is 1. The summed E-state index contributed by atoms with van der Waals surface area (Å²) < 4.78 is 5.70. The molecule has 0 amide bonds. The molecule has 0 spiro atoms. The minimum Gasteiger partial charge on any atom is -0.457 e. The number of nitrogens with one attached hydrogen (secondary N) is 1. The van der Waals surface area contributed by atoms with Crippen molar-refractivity contribution in [1.82, 2.24) is 4.98 Å². The maximum atomic E-state index is 7.32. The quantitative estimate of drug-likeness (QED) is 0.659. The molecule has 1 heterocycles. The number of aryl methyl sites for hydroxylation is 1. The Hall–Kier alpha value is -2.07. The summed E-state index contributed by atoms with van der Waals surface area (Å²) in [5, 5.41) is 7.99. The Labute approximate surface area is 110 Å². The van der Waals surface area contributed by atoms with Crippen molar-refractivity contribution in [2.75, 3.05) is 0 Å². The van der Waals surface area contributed by atoms with Gasteiger partial charge >= 0.3 is 0 Å². The van der Waals surface area contributed by atoms with E-state index in [1.165, 1.54) is 0 Å². The van der Waals surface area contributed by atoms with E-state index in [2.05, 4.69) is 4.98 Å². The highest BCUT2D eigenvalue weighted by atomic mass is 35.5. The van der Waals surface area contributed by atoms with Crippen molar-refractivity contribution in [3.63, 3.8) is 0 Å². The van der Waals surface area contributed by atoms with Gasteiger partial charge in [0.25, 0.3) is 0 Å². The number of nitrogen functional groups attached to an aromatic ring is 1. The third-order valence-electron chi connectivity index (χ3n) is 2.37. The molecule has 0 fully saturated rings. The first kappa shape index (κ1) is 12.4. The van der Waals surface area contributed by atoms with Crippen molar-refractivity contribution in [1.29, 1.82) is 5.41 Å². The van der Waals surface area contributed by atoms with Gasteiger partial charge in [-0.15, -0.1) is 0 Å². The molecule has 0 bridgehead atoms. The van der Waals surface area contributed by atoms with Crippen LogP contribution in [0.4, 0.5) is 0 Å². The number of halogens is 1. The van der Waals surface area contributed by atoms with Gasteiger partial charge in [-0.3, -0.25) is 10.4 Å². The van der Waals surface area contributed by atoms with E-state index in [9.17, 15) is 0 Å². The predicted molar refractivity (Wildman–Crippen MR) is 71.5 cm³/mol. The molecular weight excluding hydrogens is 250 g/mol. The Morgan fingerprint density at radius 1 is 1.33 bits per heavy atom. The van der Waals surface area contributed by atoms with Gasteiger partial charge in [0.05, 0.1) is 0 Å². The summed E-state index contributed by atoms with van der Waals surface area (Å²) in [6.07, 6.45) is 1.55. The minimum absolute atomic E-state index is 0.0896. The van der Waals surface area contributed by atoms with E-state index in [1.54, 1.807) is 30.5 Å². The number of hydrogen-bond donors (Lipinski definition) is 2. The van der Waals surface area contributed by atoms with Crippen molar-refractivity contribution in [3.8, 4) is 11.5 Å². The number of ether oxygens (including phenoxy) is 1. The second kappa shape index (κ2) is 5.06. The third-order valence-corrected chi connectivity index (χ3v) is 2.61. The van der Waals surface area contributed by atoms with Crippen molar-refractivity contribution < 1.29 is 4.74 Å². The molecule has 0 atom stereocenters. The first-order valence-corrected chi connectivity index (χ1v) is 5.68. The summed E-state index contributed by atoms with van der Waals surface area (Å²) in [6, 6.07) is 8.71. The fraction of sp³-hybridized carbons (Fsp3) is 0.0769. The van der Waals surface area contributed by atoms with E-state index in [0.717, 1.165) is 5.56 Å². The summed E-state index contributed by atoms with van der Waals surface area (Å²) in [5.74, 6) is 1.20. The summed E-state index contributed by atoms with van der Waals surface area (Å²) in [5.41, 5.74) is 6.70. The molecule has 5 heteroatoms. The fourth-order valence-corrected chi connectivity index (χ4v) is 1.70. The number of benzene rings is 1. The van der Waals surface area contributed by atoms with Crippen LogP contribution in [0, 0.1) is 12.3 Å². The van der Waals surface area contributed by atoms with Crippen LogP contribution in [0.1, 0.15) is 11.3 Å². The predicted octanol–water partition coefficient (Wildman–Crippen LogP) is 3.12. The van der Waals surface area contributed by atoms with Crippen LogP contribution in [0.15, 0.2) is 36.5 Å². The second-order valence-corrected chi connectivity index (χ2v) is 4.24. The van der Waals surface area contributed by atoms with Crippen LogP contribution >= 0.6 is 11.6 Å². The van der Waals surface area contributed by atoms with Crippen LogP contribution < -0.4 is 10.5 Å². The van der Waals surface area contributed by atoms with Crippen LogP contribution in [-0.2, 0) is 0 Å². The average molecular weight is 262 g/mol. The number of nitrogens with zero attached hydrogens (tertiary/aromatic N) is 1. The monoisotopic (exact) mass is 261 g/mol. The molecule has 0 saturated heterocycles. The van der Waals surface area contributed by atoms with Crippen LogP contribution in [0.3, 0.4) is 0 Å². The Bertz CT molecular complexity index is 599. The zero-order chi connectivity index (χ0) is 13.1. The molecule has 1 aromatic carbocycles. The highest BCUT2D eigenvalue weighted by Crippen LogP contribution is 2.27. The van der Waals surface area contributed by atoms with Gasteiger partial charge in [-0.1, -0.05) is 11.6 Å². The van der Waals surface area contributed by atoms with Crippen LogP contribution in [-0.4, -0.2) is 10.8 Å². The van der Waals surface area contributed by atoms with Crippen molar-refractivity contribution >= 4 is 17.4 Å². The molecule has 0 radical (unpaired) electrons. The van der Waals surface area contributed by atoms with Crippen molar-refractivity contribution in [3.05, 3.63) is 52.8 Å². The number of amidine groups is 1. The first-order valence-electron chi connectivity index (χ1n) is 5.31. The van der Waals surface area contributed by atoms with Gasteiger partial charge in [-0.05, 0) is 36.8 Å². The molecule has 18 heavy (non-hydrogen) atoms. The summed E-state index contributed by atoms with van der Waals surface area (Å²) in [6.45, 7) is 1.91. The van der Waals surface area contributed by atoms with Crippen molar-refractivity contribution in [2.45, 2.75) is 6.92 Å². The molecule has 0 saturated carbocycles. The van der Waals surface area contributed by atoms with E-state index in [1.807, 2.05) is 13.0 Å². The lowest BCUT2D eigenvalue weighted by Crippen LogP contribution is -2.12. The van der Waals surface area contributed by atoms with E-state index < -0.39 is 0 Å². The highest BCUT2D eigenvalue weighted by molar-refractivity contribution is 6.30. The zero-order valence-corrected chi connectivity index (χ0v) is 10.5. The van der Waals surface area contributed by atoms with Crippen LogP contribution in [0.25, 0.3) is 0 Å².